The second-order valence-electron chi connectivity index (χ2n) is 4.91. The zero-order valence-electron chi connectivity index (χ0n) is 11.0. The summed E-state index contributed by atoms with van der Waals surface area (Å²) in [5.41, 5.74) is 10.9. The Morgan fingerprint density at radius 2 is 2.29 bits per heavy atom. The molecule has 7 N–H and O–H groups in total. The van der Waals surface area contributed by atoms with E-state index in [0.717, 1.165) is 0 Å². The largest absolute Gasteiger partial charge is 0.394 e. The third-order valence-corrected chi connectivity index (χ3v) is 3.70. The number of nitrogens with zero attached hydrogens (tertiary/aromatic N) is 3. The molecular weight excluding hydrogens is 280 g/mol. The van der Waals surface area contributed by atoms with Gasteiger partial charge in [0.25, 0.3) is 5.56 Å². The molecule has 4 unspecified atom stereocenters. The van der Waals surface area contributed by atoms with Crippen molar-refractivity contribution in [1.82, 2.24) is 19.5 Å². The average molecular weight is 296 g/mol. The van der Waals surface area contributed by atoms with Crippen molar-refractivity contribution in [3.8, 4) is 0 Å². The van der Waals surface area contributed by atoms with Crippen LogP contribution in [0.5, 0.6) is 0 Å². The Morgan fingerprint density at radius 1 is 1.52 bits per heavy atom. The Kier molecular flexibility index (Phi) is 3.37. The van der Waals surface area contributed by atoms with Gasteiger partial charge in [0, 0.05) is 12.5 Å². The van der Waals surface area contributed by atoms with E-state index in [2.05, 4.69) is 15.0 Å². The molecule has 1 fully saturated rings. The van der Waals surface area contributed by atoms with Crippen LogP contribution >= 0.6 is 0 Å². The van der Waals surface area contributed by atoms with Gasteiger partial charge in [0.1, 0.15) is 6.10 Å². The van der Waals surface area contributed by atoms with Gasteiger partial charge >= 0.3 is 0 Å². The maximum atomic E-state index is 11.7. The molecule has 0 aliphatic carbocycles. The maximum Gasteiger partial charge on any atom is 0.280 e. The van der Waals surface area contributed by atoms with E-state index in [-0.39, 0.29) is 30.3 Å². The number of aliphatic hydroxyl groups is 2. The Labute approximate surface area is 118 Å². The van der Waals surface area contributed by atoms with Crippen LogP contribution in [0, 0.1) is 5.92 Å². The number of nitrogens with one attached hydrogen (secondary N) is 1. The fourth-order valence-electron chi connectivity index (χ4n) is 2.62. The van der Waals surface area contributed by atoms with Gasteiger partial charge in [-0.05, 0) is 0 Å². The SMILES string of the molecule is NCC1C(CO)OC(n2cnc3c(=O)[nH]c(N)nc32)C1O. The molecule has 21 heavy (non-hydrogen) atoms. The summed E-state index contributed by atoms with van der Waals surface area (Å²) in [6, 6.07) is 0. The predicted octanol–water partition coefficient (Wildman–Crippen LogP) is -2.47. The van der Waals surface area contributed by atoms with Crippen molar-refractivity contribution in [3.63, 3.8) is 0 Å². The number of anilines is 1. The van der Waals surface area contributed by atoms with Crippen molar-refractivity contribution in [3.05, 3.63) is 16.7 Å². The number of rotatable bonds is 3. The zero-order chi connectivity index (χ0) is 15.1. The number of nitrogen functional groups attached to an aromatic ring is 1. The molecule has 0 radical (unpaired) electrons. The van der Waals surface area contributed by atoms with Gasteiger partial charge < -0.3 is 26.4 Å². The Balaban J connectivity index is 2.07. The number of aromatic nitrogens is 4. The van der Waals surface area contributed by atoms with Gasteiger partial charge in [0.05, 0.1) is 19.0 Å². The number of imidazole rings is 1. The molecule has 1 aliphatic heterocycles. The van der Waals surface area contributed by atoms with Crippen molar-refractivity contribution < 1.29 is 14.9 Å². The topological polar surface area (TPSA) is 165 Å². The fraction of sp³-hybridized carbons (Fsp3) is 0.545. The van der Waals surface area contributed by atoms with Crippen LogP contribution in [0.1, 0.15) is 6.23 Å². The second kappa shape index (κ2) is 5.07. The van der Waals surface area contributed by atoms with Crippen LogP contribution in [0.2, 0.25) is 0 Å². The first-order chi connectivity index (χ1) is 10.1. The quantitative estimate of drug-likeness (QED) is 0.415. The highest BCUT2D eigenvalue weighted by atomic mass is 16.5. The lowest BCUT2D eigenvalue weighted by Crippen LogP contribution is -2.34. The summed E-state index contributed by atoms with van der Waals surface area (Å²) in [6.07, 6.45) is -1.04. The molecule has 0 bridgehead atoms. The molecule has 114 valence electrons. The van der Waals surface area contributed by atoms with Crippen LogP contribution in [-0.2, 0) is 4.74 Å². The zero-order valence-corrected chi connectivity index (χ0v) is 11.0. The molecule has 2 aromatic heterocycles. The predicted molar refractivity (Wildman–Crippen MR) is 72.1 cm³/mol. The smallest absolute Gasteiger partial charge is 0.280 e. The summed E-state index contributed by atoms with van der Waals surface area (Å²) in [6.45, 7) is -0.107. The fourth-order valence-corrected chi connectivity index (χ4v) is 2.62. The van der Waals surface area contributed by atoms with Gasteiger partial charge in [-0.25, -0.2) is 4.98 Å². The molecule has 10 heteroatoms. The lowest BCUT2D eigenvalue weighted by molar-refractivity contribution is -0.0492. The van der Waals surface area contributed by atoms with Gasteiger partial charge in [0.15, 0.2) is 17.4 Å². The average Bonchev–Trinajstić information content (AvgIpc) is 2.99. The normalized spacial score (nSPS) is 29.3. The molecule has 3 heterocycles. The van der Waals surface area contributed by atoms with E-state index >= 15 is 0 Å². The third kappa shape index (κ3) is 2.08. The molecule has 1 aliphatic rings. The van der Waals surface area contributed by atoms with Gasteiger partial charge in [-0.15, -0.1) is 0 Å². The Hall–Kier alpha value is -2.01. The highest BCUT2D eigenvalue weighted by Crippen LogP contribution is 2.34. The van der Waals surface area contributed by atoms with E-state index in [0.29, 0.717) is 0 Å². The van der Waals surface area contributed by atoms with Crippen molar-refractivity contribution in [1.29, 1.82) is 0 Å². The summed E-state index contributed by atoms with van der Waals surface area (Å²) in [5, 5.41) is 19.6. The minimum absolute atomic E-state index is 0.0594. The molecule has 3 rings (SSSR count). The first-order valence-corrected chi connectivity index (χ1v) is 6.43. The van der Waals surface area contributed by atoms with Crippen LogP contribution in [0.15, 0.2) is 11.1 Å². The number of aromatic amines is 1. The first-order valence-electron chi connectivity index (χ1n) is 6.43. The van der Waals surface area contributed by atoms with Crippen molar-refractivity contribution in [2.24, 2.45) is 11.7 Å². The summed E-state index contributed by atoms with van der Waals surface area (Å²) >= 11 is 0. The van der Waals surface area contributed by atoms with Crippen molar-refractivity contribution in [2.45, 2.75) is 18.4 Å². The highest BCUT2D eigenvalue weighted by molar-refractivity contribution is 5.70. The summed E-state index contributed by atoms with van der Waals surface area (Å²) in [5.74, 6) is -0.479. The van der Waals surface area contributed by atoms with Gasteiger partial charge in [0.2, 0.25) is 5.95 Å². The number of hydrogen-bond donors (Lipinski definition) is 5. The minimum atomic E-state index is -0.952. The molecule has 10 nitrogen and oxygen atoms in total. The molecule has 0 amide bonds. The van der Waals surface area contributed by atoms with Crippen molar-refractivity contribution in [2.75, 3.05) is 18.9 Å². The van der Waals surface area contributed by atoms with Crippen LogP contribution < -0.4 is 17.0 Å². The van der Waals surface area contributed by atoms with Crippen LogP contribution in [-0.4, -0.2) is 55.1 Å². The van der Waals surface area contributed by atoms with Crippen LogP contribution in [0.25, 0.3) is 11.2 Å². The van der Waals surface area contributed by atoms with Crippen LogP contribution in [0.3, 0.4) is 0 Å². The molecule has 1 saturated heterocycles. The summed E-state index contributed by atoms with van der Waals surface area (Å²) in [7, 11) is 0. The van der Waals surface area contributed by atoms with E-state index < -0.39 is 29.9 Å². The first kappa shape index (κ1) is 13.9. The monoisotopic (exact) mass is 296 g/mol. The molecule has 2 aromatic rings. The minimum Gasteiger partial charge on any atom is -0.394 e. The Morgan fingerprint density at radius 3 is 2.90 bits per heavy atom. The number of nitrogens with two attached hydrogens (primary N) is 2. The van der Waals surface area contributed by atoms with E-state index in [1.54, 1.807) is 0 Å². The summed E-state index contributed by atoms with van der Waals surface area (Å²) in [4.78, 5) is 22.0. The number of hydrogen-bond acceptors (Lipinski definition) is 8. The molecular formula is C11H16N6O4. The van der Waals surface area contributed by atoms with E-state index in [9.17, 15) is 15.0 Å². The Bertz CT molecular complexity index is 712. The molecule has 4 atom stereocenters. The van der Waals surface area contributed by atoms with E-state index in [1.165, 1.54) is 10.9 Å². The lowest BCUT2D eigenvalue weighted by atomic mass is 9.99. The standard InChI is InChI=1S/C11H16N6O4/c12-1-4-5(2-18)21-10(7(4)19)17-3-14-6-8(17)15-11(13)16-9(6)20/h3-5,7,10,18-19H,1-2,12H2,(H3,13,15,16,20). The highest BCUT2D eigenvalue weighted by Gasteiger charge is 2.44. The maximum absolute atomic E-state index is 11.7. The van der Waals surface area contributed by atoms with E-state index in [1.807, 2.05) is 0 Å². The number of fused-ring (bicyclic) bond motifs is 1. The van der Waals surface area contributed by atoms with Crippen molar-refractivity contribution >= 4 is 17.1 Å². The van der Waals surface area contributed by atoms with Gasteiger partial charge in [-0.1, -0.05) is 0 Å². The summed E-state index contributed by atoms with van der Waals surface area (Å²) < 4.78 is 7.03. The second-order valence-corrected chi connectivity index (χ2v) is 4.91. The van der Waals surface area contributed by atoms with Crippen LogP contribution in [0.4, 0.5) is 5.95 Å². The molecule has 0 aromatic carbocycles. The van der Waals surface area contributed by atoms with E-state index in [4.69, 9.17) is 16.2 Å². The lowest BCUT2D eigenvalue weighted by Gasteiger charge is -2.17. The van der Waals surface area contributed by atoms with Gasteiger partial charge in [-0.2, -0.15) is 4.98 Å². The molecule has 0 spiro atoms. The van der Waals surface area contributed by atoms with Gasteiger partial charge in [-0.3, -0.25) is 14.3 Å². The number of H-pyrrole nitrogens is 1. The number of ether oxygens (including phenoxy) is 1. The molecule has 0 saturated carbocycles. The third-order valence-electron chi connectivity index (χ3n) is 3.70. The number of aliphatic hydroxyl groups excluding tert-OH is 2.